The molecule has 0 spiro atoms. The number of nitrogens with zero attached hydrogens (tertiary/aromatic N) is 3. The molecular formula is C23H27N3O4S. The summed E-state index contributed by atoms with van der Waals surface area (Å²) in [5.74, 6) is 0.421. The number of rotatable bonds is 6. The van der Waals surface area contributed by atoms with Crippen molar-refractivity contribution in [2.45, 2.75) is 39.2 Å². The van der Waals surface area contributed by atoms with Crippen molar-refractivity contribution in [3.05, 3.63) is 52.2 Å². The van der Waals surface area contributed by atoms with Crippen LogP contribution in [0.2, 0.25) is 0 Å². The zero-order chi connectivity index (χ0) is 22.0. The van der Waals surface area contributed by atoms with E-state index in [0.717, 1.165) is 42.4 Å². The van der Waals surface area contributed by atoms with Crippen LogP contribution in [0.1, 0.15) is 44.7 Å². The summed E-state index contributed by atoms with van der Waals surface area (Å²) in [6.07, 6.45) is 2.39. The Kier molecular flexibility index (Phi) is 6.36. The van der Waals surface area contributed by atoms with Gasteiger partial charge in [0.15, 0.2) is 5.17 Å². The molecule has 0 N–H and O–H groups in total. The molecule has 1 aromatic rings. The topological polar surface area (TPSA) is 71.4 Å². The predicted octanol–water partition coefficient (Wildman–Crippen LogP) is 3.85. The molecule has 8 heteroatoms. The monoisotopic (exact) mass is 441 g/mol. The van der Waals surface area contributed by atoms with Crippen LogP contribution < -0.4 is 4.74 Å². The molecule has 0 bridgehead atoms. The van der Waals surface area contributed by atoms with Gasteiger partial charge in [-0.05, 0) is 49.8 Å². The minimum Gasteiger partial charge on any atom is -0.497 e. The van der Waals surface area contributed by atoms with Gasteiger partial charge in [-0.2, -0.15) is 0 Å². The van der Waals surface area contributed by atoms with Crippen LogP contribution in [0, 0.1) is 0 Å². The van der Waals surface area contributed by atoms with Gasteiger partial charge >= 0.3 is 5.97 Å². The number of allylic oxidation sites excluding steroid dienone is 1. The minimum atomic E-state index is -0.436. The van der Waals surface area contributed by atoms with E-state index in [4.69, 9.17) is 9.47 Å². The lowest BCUT2D eigenvalue weighted by Gasteiger charge is -2.36. The first-order valence-corrected chi connectivity index (χ1v) is 11.4. The van der Waals surface area contributed by atoms with E-state index >= 15 is 0 Å². The molecule has 1 atom stereocenters. The Hall–Kier alpha value is -2.74. The van der Waals surface area contributed by atoms with Crippen molar-refractivity contribution in [3.63, 3.8) is 0 Å². The van der Waals surface area contributed by atoms with Gasteiger partial charge in [0.1, 0.15) is 5.75 Å². The van der Waals surface area contributed by atoms with Gasteiger partial charge in [0.25, 0.3) is 0 Å². The largest absolute Gasteiger partial charge is 0.497 e. The van der Waals surface area contributed by atoms with Crippen LogP contribution in [-0.4, -0.2) is 53.7 Å². The Morgan fingerprint density at radius 1 is 1.26 bits per heavy atom. The van der Waals surface area contributed by atoms with Gasteiger partial charge in [-0.3, -0.25) is 4.79 Å². The molecule has 1 amide bonds. The number of carbonyl (C=O) groups is 2. The number of methoxy groups -OCH3 is 1. The molecule has 3 aliphatic rings. The quantitative estimate of drug-likeness (QED) is 0.625. The highest BCUT2D eigenvalue weighted by Crippen LogP contribution is 2.45. The van der Waals surface area contributed by atoms with Crippen molar-refractivity contribution in [2.75, 3.05) is 26.8 Å². The number of benzene rings is 1. The fraction of sp³-hybridized carbons (Fsp3) is 0.435. The number of ether oxygens (including phenoxy) is 2. The van der Waals surface area contributed by atoms with E-state index in [1.165, 1.54) is 11.8 Å². The SMILES string of the molecule is CCOC(=O)C1=C(C)N=C2SC=C(CC(=O)N3CCCC3)N2C1c1cccc(OC)c1. The summed E-state index contributed by atoms with van der Waals surface area (Å²) in [7, 11) is 1.62. The van der Waals surface area contributed by atoms with Crippen LogP contribution in [0.3, 0.4) is 0 Å². The van der Waals surface area contributed by atoms with Gasteiger partial charge in [0, 0.05) is 18.8 Å². The van der Waals surface area contributed by atoms with Gasteiger partial charge in [-0.25, -0.2) is 9.79 Å². The highest BCUT2D eigenvalue weighted by atomic mass is 32.2. The van der Waals surface area contributed by atoms with E-state index in [1.807, 2.05) is 46.4 Å². The molecule has 0 aromatic heterocycles. The first-order valence-electron chi connectivity index (χ1n) is 10.6. The fourth-order valence-corrected chi connectivity index (χ4v) is 5.16. The highest BCUT2D eigenvalue weighted by molar-refractivity contribution is 8.16. The summed E-state index contributed by atoms with van der Waals surface area (Å²) < 4.78 is 10.8. The summed E-state index contributed by atoms with van der Waals surface area (Å²) in [6, 6.07) is 7.22. The van der Waals surface area contributed by atoms with Crippen molar-refractivity contribution < 1.29 is 19.1 Å². The van der Waals surface area contributed by atoms with Crippen molar-refractivity contribution in [3.8, 4) is 5.75 Å². The second-order valence-electron chi connectivity index (χ2n) is 7.65. The fourth-order valence-electron chi connectivity index (χ4n) is 4.20. The molecule has 3 heterocycles. The van der Waals surface area contributed by atoms with Crippen LogP contribution in [0.15, 0.2) is 51.6 Å². The maximum Gasteiger partial charge on any atom is 0.338 e. The number of amides is 1. The van der Waals surface area contributed by atoms with E-state index in [0.29, 0.717) is 17.0 Å². The van der Waals surface area contributed by atoms with Crippen LogP contribution in [0.5, 0.6) is 5.75 Å². The van der Waals surface area contributed by atoms with Crippen molar-refractivity contribution in [2.24, 2.45) is 4.99 Å². The molecule has 7 nitrogen and oxygen atoms in total. The molecule has 3 aliphatic heterocycles. The van der Waals surface area contributed by atoms with Crippen LogP contribution in [0.4, 0.5) is 0 Å². The number of likely N-dealkylation sites (tertiary alicyclic amines) is 1. The summed E-state index contributed by atoms with van der Waals surface area (Å²) in [5, 5.41) is 2.74. The molecule has 1 fully saturated rings. The van der Waals surface area contributed by atoms with E-state index in [1.54, 1.807) is 14.0 Å². The minimum absolute atomic E-state index is 0.110. The third-order valence-corrected chi connectivity index (χ3v) is 6.59. The van der Waals surface area contributed by atoms with Gasteiger partial charge in [-0.1, -0.05) is 23.9 Å². The lowest BCUT2D eigenvalue weighted by molar-refractivity contribution is -0.139. The number of amidine groups is 1. The van der Waals surface area contributed by atoms with Gasteiger partial charge < -0.3 is 19.3 Å². The Morgan fingerprint density at radius 2 is 2.03 bits per heavy atom. The number of hydrogen-bond donors (Lipinski definition) is 0. The molecule has 0 radical (unpaired) electrons. The summed E-state index contributed by atoms with van der Waals surface area (Å²) >= 11 is 1.48. The maximum absolute atomic E-state index is 13.0. The lowest BCUT2D eigenvalue weighted by atomic mass is 9.93. The molecular weight excluding hydrogens is 414 g/mol. The first kappa shape index (κ1) is 21.5. The first-order chi connectivity index (χ1) is 15.0. The molecule has 0 aliphatic carbocycles. The summed E-state index contributed by atoms with van der Waals surface area (Å²) in [4.78, 5) is 34.5. The molecule has 31 heavy (non-hydrogen) atoms. The second kappa shape index (κ2) is 9.18. The summed E-state index contributed by atoms with van der Waals surface area (Å²) in [6.45, 7) is 5.52. The Morgan fingerprint density at radius 3 is 2.74 bits per heavy atom. The standard InChI is InChI=1S/C23H27N3O4S/c1-4-30-22(28)20-15(2)24-23-26(21(20)16-8-7-9-18(12-16)29-3)17(14-31-23)13-19(27)25-10-5-6-11-25/h7-9,12,14,21H,4-6,10-11,13H2,1-3H3. The highest BCUT2D eigenvalue weighted by Gasteiger charge is 2.41. The molecule has 0 saturated carbocycles. The van der Waals surface area contributed by atoms with Crippen LogP contribution >= 0.6 is 11.8 Å². The van der Waals surface area contributed by atoms with E-state index in [-0.39, 0.29) is 18.9 Å². The Labute approximate surface area is 186 Å². The summed E-state index contributed by atoms with van der Waals surface area (Å²) in [5.41, 5.74) is 2.85. The van der Waals surface area contributed by atoms with Gasteiger partial charge in [0.05, 0.1) is 37.4 Å². The van der Waals surface area contributed by atoms with E-state index < -0.39 is 12.0 Å². The third kappa shape index (κ3) is 4.21. The number of thioether (sulfide) groups is 1. The Balaban J connectivity index is 1.73. The van der Waals surface area contributed by atoms with Crippen molar-refractivity contribution in [1.82, 2.24) is 9.80 Å². The van der Waals surface area contributed by atoms with Crippen LogP contribution in [0.25, 0.3) is 0 Å². The molecule has 1 saturated heterocycles. The lowest BCUT2D eigenvalue weighted by Crippen LogP contribution is -2.38. The van der Waals surface area contributed by atoms with E-state index in [9.17, 15) is 9.59 Å². The van der Waals surface area contributed by atoms with Gasteiger partial charge in [-0.15, -0.1) is 0 Å². The molecule has 1 unspecified atom stereocenters. The number of hydrogen-bond acceptors (Lipinski definition) is 7. The normalized spacial score (nSPS) is 20.4. The van der Waals surface area contributed by atoms with Crippen LogP contribution in [-0.2, 0) is 14.3 Å². The number of esters is 1. The average molecular weight is 442 g/mol. The predicted molar refractivity (Wildman–Crippen MR) is 120 cm³/mol. The average Bonchev–Trinajstić information content (AvgIpc) is 3.43. The Bertz CT molecular complexity index is 979. The maximum atomic E-state index is 13.0. The molecule has 164 valence electrons. The zero-order valence-corrected chi connectivity index (χ0v) is 18.9. The van der Waals surface area contributed by atoms with Gasteiger partial charge in [0.2, 0.25) is 5.91 Å². The van der Waals surface area contributed by atoms with Crippen molar-refractivity contribution in [1.29, 1.82) is 0 Å². The zero-order valence-electron chi connectivity index (χ0n) is 18.1. The third-order valence-electron chi connectivity index (χ3n) is 5.70. The number of fused-ring (bicyclic) bond motifs is 1. The number of carbonyl (C=O) groups excluding carboxylic acids is 2. The second-order valence-corrected chi connectivity index (χ2v) is 8.49. The molecule has 1 aromatic carbocycles. The van der Waals surface area contributed by atoms with Crippen molar-refractivity contribution >= 4 is 28.8 Å². The number of aliphatic imine (C=N–C) groups is 1. The smallest absolute Gasteiger partial charge is 0.338 e. The molecule has 4 rings (SSSR count). The van der Waals surface area contributed by atoms with E-state index in [2.05, 4.69) is 4.99 Å².